The average molecular weight is 174 g/mol. The summed E-state index contributed by atoms with van der Waals surface area (Å²) in [5.41, 5.74) is 5.49. The Balaban J connectivity index is 2.34. The topological polar surface area (TPSA) is 58.7 Å². The van der Waals surface area contributed by atoms with E-state index in [9.17, 15) is 0 Å². The van der Waals surface area contributed by atoms with Gasteiger partial charge in [0.2, 0.25) is 0 Å². The number of nitrogens with two attached hydrogens (primary N) is 1. The molecule has 1 fully saturated rings. The van der Waals surface area contributed by atoms with Crippen LogP contribution in [0.25, 0.3) is 0 Å². The van der Waals surface area contributed by atoms with Gasteiger partial charge in [-0.2, -0.15) is 0 Å². The normalized spacial score (nSPS) is 28.8. The molecule has 0 radical (unpaired) electrons. The maximum atomic E-state index is 8.93. The van der Waals surface area contributed by atoms with Gasteiger partial charge in [0.1, 0.15) is 0 Å². The molecule has 1 aliphatic heterocycles. The van der Waals surface area contributed by atoms with Crippen molar-refractivity contribution in [2.75, 3.05) is 32.8 Å². The highest BCUT2D eigenvalue weighted by atomic mass is 16.5. The number of ether oxygens (including phenoxy) is 1. The molecule has 0 saturated carbocycles. The van der Waals surface area contributed by atoms with Crippen molar-refractivity contribution in [2.24, 2.45) is 5.73 Å². The quantitative estimate of drug-likeness (QED) is 0.578. The van der Waals surface area contributed by atoms with E-state index in [2.05, 4.69) is 4.90 Å². The largest absolute Gasteiger partial charge is 0.395 e. The number of nitrogens with zero attached hydrogens (tertiary/aromatic N) is 1. The Labute approximate surface area is 73.3 Å². The predicted octanol–water partition coefficient (Wildman–Crippen LogP) is -0.973. The molecular weight excluding hydrogens is 156 g/mol. The molecule has 12 heavy (non-hydrogen) atoms. The van der Waals surface area contributed by atoms with E-state index >= 15 is 0 Å². The summed E-state index contributed by atoms with van der Waals surface area (Å²) in [5, 5.41) is 8.93. The lowest BCUT2D eigenvalue weighted by molar-refractivity contribution is -0.0429. The minimum Gasteiger partial charge on any atom is -0.395 e. The predicted molar refractivity (Wildman–Crippen MR) is 46.9 cm³/mol. The molecule has 3 N–H and O–H groups in total. The number of aliphatic hydroxyl groups is 1. The molecule has 2 atom stereocenters. The number of hydrogen-bond acceptors (Lipinski definition) is 4. The smallest absolute Gasteiger partial charge is 0.0824 e. The molecule has 0 aromatic rings. The zero-order chi connectivity index (χ0) is 8.97. The first-order valence-corrected chi connectivity index (χ1v) is 4.44. The van der Waals surface area contributed by atoms with Crippen LogP contribution < -0.4 is 5.73 Å². The maximum Gasteiger partial charge on any atom is 0.0824 e. The van der Waals surface area contributed by atoms with Gasteiger partial charge in [-0.3, -0.25) is 4.90 Å². The van der Waals surface area contributed by atoms with Crippen LogP contribution in [-0.4, -0.2) is 55.0 Å². The van der Waals surface area contributed by atoms with E-state index < -0.39 is 0 Å². The van der Waals surface area contributed by atoms with Crippen LogP contribution in [0, 0.1) is 0 Å². The summed E-state index contributed by atoms with van der Waals surface area (Å²) in [6.07, 6.45) is 0.146. The second-order valence-corrected chi connectivity index (χ2v) is 3.26. The van der Waals surface area contributed by atoms with E-state index in [4.69, 9.17) is 15.6 Å². The summed E-state index contributed by atoms with van der Waals surface area (Å²) in [6, 6.07) is 0.225. The van der Waals surface area contributed by atoms with Crippen molar-refractivity contribution < 1.29 is 9.84 Å². The lowest BCUT2D eigenvalue weighted by atomic mass is 10.2. The molecule has 1 aliphatic rings. The summed E-state index contributed by atoms with van der Waals surface area (Å²) in [7, 11) is 0. The van der Waals surface area contributed by atoms with E-state index in [1.165, 1.54) is 0 Å². The van der Waals surface area contributed by atoms with Crippen LogP contribution in [0.4, 0.5) is 0 Å². The van der Waals surface area contributed by atoms with Crippen LogP contribution in [0.15, 0.2) is 0 Å². The lowest BCUT2D eigenvalue weighted by Gasteiger charge is -2.35. The van der Waals surface area contributed by atoms with E-state index in [0.717, 1.165) is 19.7 Å². The van der Waals surface area contributed by atoms with E-state index in [0.29, 0.717) is 6.54 Å². The molecule has 4 heteroatoms. The summed E-state index contributed by atoms with van der Waals surface area (Å²) in [5.74, 6) is 0. The van der Waals surface area contributed by atoms with Gasteiger partial charge in [-0.15, -0.1) is 0 Å². The van der Waals surface area contributed by atoms with Crippen molar-refractivity contribution >= 4 is 0 Å². The van der Waals surface area contributed by atoms with Gasteiger partial charge in [0.15, 0.2) is 0 Å². The zero-order valence-corrected chi connectivity index (χ0v) is 7.57. The van der Waals surface area contributed by atoms with Crippen LogP contribution in [0.2, 0.25) is 0 Å². The van der Waals surface area contributed by atoms with Crippen LogP contribution in [0.5, 0.6) is 0 Å². The number of morpholine rings is 1. The summed E-state index contributed by atoms with van der Waals surface area (Å²) >= 11 is 0. The Kier molecular flexibility index (Phi) is 3.94. The molecule has 2 unspecified atom stereocenters. The fraction of sp³-hybridized carbons (Fsp3) is 1.00. The molecular formula is C8H18N2O2. The van der Waals surface area contributed by atoms with Gasteiger partial charge in [0.25, 0.3) is 0 Å². The fourth-order valence-corrected chi connectivity index (χ4v) is 1.40. The molecule has 4 nitrogen and oxygen atoms in total. The lowest BCUT2D eigenvalue weighted by Crippen LogP contribution is -2.50. The van der Waals surface area contributed by atoms with Crippen molar-refractivity contribution in [2.45, 2.75) is 19.1 Å². The Hall–Kier alpha value is -0.160. The Bertz CT molecular complexity index is 130. The van der Waals surface area contributed by atoms with Crippen LogP contribution in [-0.2, 0) is 4.74 Å². The van der Waals surface area contributed by atoms with Gasteiger partial charge in [-0.25, -0.2) is 0 Å². The van der Waals surface area contributed by atoms with Crippen molar-refractivity contribution in [3.8, 4) is 0 Å². The van der Waals surface area contributed by atoms with Gasteiger partial charge in [0.05, 0.1) is 19.3 Å². The van der Waals surface area contributed by atoms with Crippen LogP contribution in [0.1, 0.15) is 6.92 Å². The van der Waals surface area contributed by atoms with Crippen LogP contribution >= 0.6 is 0 Å². The van der Waals surface area contributed by atoms with E-state index in [1.54, 1.807) is 0 Å². The third-order valence-corrected chi connectivity index (χ3v) is 2.32. The first-order valence-electron chi connectivity index (χ1n) is 4.44. The molecule has 72 valence electrons. The molecule has 1 heterocycles. The molecule has 0 aliphatic carbocycles. The van der Waals surface area contributed by atoms with Crippen LogP contribution in [0.3, 0.4) is 0 Å². The number of hydrogen-bond donors (Lipinski definition) is 2. The molecule has 1 saturated heterocycles. The average Bonchev–Trinajstić information content (AvgIpc) is 2.17. The molecule has 0 bridgehead atoms. The van der Waals surface area contributed by atoms with Crippen molar-refractivity contribution in [1.82, 2.24) is 4.90 Å². The zero-order valence-electron chi connectivity index (χ0n) is 7.57. The first kappa shape index (κ1) is 9.92. The minimum atomic E-state index is 0.146. The third kappa shape index (κ3) is 2.42. The molecule has 0 aromatic carbocycles. The molecule has 0 spiro atoms. The second kappa shape index (κ2) is 4.77. The number of rotatable bonds is 3. The SMILES string of the molecule is CC(CO)N1CCOC(CN)C1. The van der Waals surface area contributed by atoms with Crippen molar-refractivity contribution in [3.63, 3.8) is 0 Å². The fourth-order valence-electron chi connectivity index (χ4n) is 1.40. The highest BCUT2D eigenvalue weighted by Gasteiger charge is 2.22. The van der Waals surface area contributed by atoms with E-state index in [-0.39, 0.29) is 18.8 Å². The number of aliphatic hydroxyl groups excluding tert-OH is 1. The monoisotopic (exact) mass is 174 g/mol. The van der Waals surface area contributed by atoms with Crippen molar-refractivity contribution in [1.29, 1.82) is 0 Å². The Morgan fingerprint density at radius 3 is 3.08 bits per heavy atom. The Morgan fingerprint density at radius 1 is 1.75 bits per heavy atom. The standard InChI is InChI=1S/C8H18N2O2/c1-7(6-11)10-2-3-12-8(4-9)5-10/h7-8,11H,2-6,9H2,1H3. The first-order chi connectivity index (χ1) is 5.77. The summed E-state index contributed by atoms with van der Waals surface area (Å²) < 4.78 is 5.40. The second-order valence-electron chi connectivity index (χ2n) is 3.26. The molecule has 0 amide bonds. The van der Waals surface area contributed by atoms with Crippen molar-refractivity contribution in [3.05, 3.63) is 0 Å². The van der Waals surface area contributed by atoms with Gasteiger partial charge < -0.3 is 15.6 Å². The van der Waals surface area contributed by atoms with E-state index in [1.807, 2.05) is 6.92 Å². The van der Waals surface area contributed by atoms with Gasteiger partial charge in [0, 0.05) is 25.7 Å². The molecule has 1 rings (SSSR count). The van der Waals surface area contributed by atoms with Gasteiger partial charge in [-0.1, -0.05) is 0 Å². The summed E-state index contributed by atoms with van der Waals surface area (Å²) in [6.45, 7) is 5.26. The van der Waals surface area contributed by atoms with Gasteiger partial charge >= 0.3 is 0 Å². The highest BCUT2D eigenvalue weighted by molar-refractivity contribution is 4.75. The third-order valence-electron chi connectivity index (χ3n) is 2.32. The summed E-state index contributed by atoms with van der Waals surface area (Å²) in [4.78, 5) is 2.21. The maximum absolute atomic E-state index is 8.93. The highest BCUT2D eigenvalue weighted by Crippen LogP contribution is 2.07. The molecule has 0 aromatic heterocycles. The minimum absolute atomic E-state index is 0.146. The Morgan fingerprint density at radius 2 is 2.50 bits per heavy atom. The van der Waals surface area contributed by atoms with Gasteiger partial charge in [-0.05, 0) is 6.92 Å².